The topological polar surface area (TPSA) is 62.7 Å². The van der Waals surface area contributed by atoms with Gasteiger partial charge in [-0.25, -0.2) is 9.78 Å². The molecule has 1 aromatic heterocycles. The first-order valence-electron chi connectivity index (χ1n) is 7.05. The molecule has 0 aromatic carbocycles. The number of aromatic nitrogens is 1. The highest BCUT2D eigenvalue weighted by molar-refractivity contribution is 7.17. The summed E-state index contributed by atoms with van der Waals surface area (Å²) in [5.74, 6) is -0.773. The van der Waals surface area contributed by atoms with Gasteiger partial charge in [0.2, 0.25) is 0 Å². The van der Waals surface area contributed by atoms with Crippen molar-refractivity contribution < 1.29 is 14.6 Å². The molecule has 1 aromatic rings. The minimum absolute atomic E-state index is 0.116. The van der Waals surface area contributed by atoms with Crippen LogP contribution in [0.3, 0.4) is 0 Å². The molecule has 1 N–H and O–H groups in total. The highest BCUT2D eigenvalue weighted by Gasteiger charge is 2.23. The number of hydrogen-bond donors (Lipinski definition) is 1. The van der Waals surface area contributed by atoms with Gasteiger partial charge >= 0.3 is 5.97 Å². The molecule has 2 rings (SSSR count). The highest BCUT2D eigenvalue weighted by Crippen LogP contribution is 2.30. The number of carboxylic acids is 1. The Morgan fingerprint density at radius 1 is 1.55 bits per heavy atom. The fourth-order valence-corrected chi connectivity index (χ4v) is 3.39. The minimum atomic E-state index is -0.889. The Labute approximate surface area is 123 Å². The van der Waals surface area contributed by atoms with Crippen LogP contribution in [0.25, 0.3) is 0 Å². The first kappa shape index (κ1) is 15.3. The molecule has 2 heterocycles. The predicted molar refractivity (Wildman–Crippen MR) is 80.0 cm³/mol. The monoisotopic (exact) mass is 298 g/mol. The molecule has 6 heteroatoms. The summed E-state index contributed by atoms with van der Waals surface area (Å²) in [4.78, 5) is 18.1. The van der Waals surface area contributed by atoms with Gasteiger partial charge in [0.1, 0.15) is 4.88 Å². The Hall–Kier alpha value is -1.14. The lowest BCUT2D eigenvalue weighted by Crippen LogP contribution is -2.33. The molecule has 112 valence electrons. The molecule has 0 amide bonds. The van der Waals surface area contributed by atoms with Crippen LogP contribution >= 0.6 is 11.3 Å². The third kappa shape index (κ3) is 3.49. The quantitative estimate of drug-likeness (QED) is 0.905. The van der Waals surface area contributed by atoms with Gasteiger partial charge in [-0.05, 0) is 25.2 Å². The zero-order valence-electron chi connectivity index (χ0n) is 12.3. The van der Waals surface area contributed by atoms with Gasteiger partial charge in [0.15, 0.2) is 5.13 Å². The Balaban J connectivity index is 2.11. The maximum Gasteiger partial charge on any atom is 0.347 e. The van der Waals surface area contributed by atoms with E-state index in [1.165, 1.54) is 17.8 Å². The lowest BCUT2D eigenvalue weighted by atomic mass is 10.1. The van der Waals surface area contributed by atoms with Crippen LogP contribution in [0.5, 0.6) is 0 Å². The van der Waals surface area contributed by atoms with Crippen molar-refractivity contribution in [2.75, 3.05) is 25.1 Å². The molecule has 1 aliphatic rings. The van der Waals surface area contributed by atoms with Crippen molar-refractivity contribution in [2.24, 2.45) is 0 Å². The molecule has 1 aliphatic heterocycles. The molecule has 0 spiro atoms. The first-order chi connectivity index (χ1) is 9.49. The molecular weight excluding hydrogens is 276 g/mol. The van der Waals surface area contributed by atoms with Crippen molar-refractivity contribution in [3.63, 3.8) is 0 Å². The molecule has 1 saturated heterocycles. The lowest BCUT2D eigenvalue weighted by molar-refractivity contribution is 0.0216. The number of carbonyl (C=O) groups is 1. The molecular formula is C14H22N2O3S. The van der Waals surface area contributed by atoms with Crippen LogP contribution < -0.4 is 4.90 Å². The standard InChI is InChI=1S/C14H22N2O3S/c1-9(2)11-12(13(17)18)20-14(15-11)16(3)8-10-6-4-5-7-19-10/h9-10H,4-8H2,1-3H3,(H,17,18). The molecule has 0 bridgehead atoms. The summed E-state index contributed by atoms with van der Waals surface area (Å²) in [5.41, 5.74) is 0.675. The van der Waals surface area contributed by atoms with Gasteiger partial charge in [-0.1, -0.05) is 25.2 Å². The van der Waals surface area contributed by atoms with Crippen LogP contribution in [0.4, 0.5) is 5.13 Å². The zero-order valence-corrected chi connectivity index (χ0v) is 13.1. The highest BCUT2D eigenvalue weighted by atomic mass is 32.1. The average molecular weight is 298 g/mol. The predicted octanol–water partition coefficient (Wildman–Crippen LogP) is 2.97. The van der Waals surface area contributed by atoms with Gasteiger partial charge in [0, 0.05) is 20.2 Å². The molecule has 5 nitrogen and oxygen atoms in total. The molecule has 1 atom stereocenters. The summed E-state index contributed by atoms with van der Waals surface area (Å²) in [6.07, 6.45) is 3.64. The summed E-state index contributed by atoms with van der Waals surface area (Å²) < 4.78 is 5.72. The molecule has 0 aliphatic carbocycles. The van der Waals surface area contributed by atoms with Crippen LogP contribution in [-0.4, -0.2) is 42.4 Å². The maximum atomic E-state index is 11.3. The van der Waals surface area contributed by atoms with E-state index in [0.29, 0.717) is 10.6 Å². The van der Waals surface area contributed by atoms with Gasteiger partial charge < -0.3 is 14.7 Å². The van der Waals surface area contributed by atoms with Crippen molar-refractivity contribution >= 4 is 22.4 Å². The van der Waals surface area contributed by atoms with Crippen molar-refractivity contribution in [3.8, 4) is 0 Å². The van der Waals surface area contributed by atoms with Crippen LogP contribution in [0.15, 0.2) is 0 Å². The second-order valence-electron chi connectivity index (χ2n) is 5.54. The zero-order chi connectivity index (χ0) is 14.7. The number of aromatic carboxylic acids is 1. The summed E-state index contributed by atoms with van der Waals surface area (Å²) in [5, 5.41) is 10.0. The largest absolute Gasteiger partial charge is 0.477 e. The second kappa shape index (κ2) is 6.54. The van der Waals surface area contributed by atoms with Crippen molar-refractivity contribution in [1.29, 1.82) is 0 Å². The lowest BCUT2D eigenvalue weighted by Gasteiger charge is -2.27. The Kier molecular flexibility index (Phi) is 4.99. The normalized spacial score (nSPS) is 19.3. The summed E-state index contributed by atoms with van der Waals surface area (Å²) in [6.45, 7) is 5.53. The van der Waals surface area contributed by atoms with E-state index in [1.807, 2.05) is 25.8 Å². The van der Waals surface area contributed by atoms with Gasteiger partial charge in [-0.2, -0.15) is 0 Å². The Morgan fingerprint density at radius 2 is 2.30 bits per heavy atom. The van der Waals surface area contributed by atoms with E-state index in [9.17, 15) is 9.90 Å². The fraction of sp³-hybridized carbons (Fsp3) is 0.714. The first-order valence-corrected chi connectivity index (χ1v) is 7.87. The summed E-state index contributed by atoms with van der Waals surface area (Å²) in [6, 6.07) is 0. The van der Waals surface area contributed by atoms with E-state index in [-0.39, 0.29) is 12.0 Å². The van der Waals surface area contributed by atoms with E-state index < -0.39 is 5.97 Å². The number of carboxylic acid groups (broad SMARTS) is 1. The smallest absolute Gasteiger partial charge is 0.347 e. The van der Waals surface area contributed by atoms with Gasteiger partial charge in [-0.15, -0.1) is 0 Å². The summed E-state index contributed by atoms with van der Waals surface area (Å²) in [7, 11) is 1.95. The van der Waals surface area contributed by atoms with Gasteiger partial charge in [0.05, 0.1) is 11.8 Å². The molecule has 0 saturated carbocycles. The number of likely N-dealkylation sites (N-methyl/N-ethyl adjacent to an activating group) is 1. The van der Waals surface area contributed by atoms with Crippen molar-refractivity contribution in [1.82, 2.24) is 4.98 Å². The number of hydrogen-bond acceptors (Lipinski definition) is 5. The van der Waals surface area contributed by atoms with Crippen molar-refractivity contribution in [3.05, 3.63) is 10.6 Å². The third-order valence-corrected chi connectivity index (χ3v) is 4.63. The molecule has 1 unspecified atom stereocenters. The number of thiazole rings is 1. The number of anilines is 1. The minimum Gasteiger partial charge on any atom is -0.477 e. The van der Waals surface area contributed by atoms with E-state index in [1.54, 1.807) is 0 Å². The van der Waals surface area contributed by atoms with E-state index >= 15 is 0 Å². The molecule has 1 fully saturated rings. The number of ether oxygens (including phenoxy) is 1. The maximum absolute atomic E-state index is 11.3. The Morgan fingerprint density at radius 3 is 2.80 bits per heavy atom. The number of rotatable bonds is 5. The van der Waals surface area contributed by atoms with E-state index in [4.69, 9.17) is 4.74 Å². The Bertz CT molecular complexity index is 467. The third-order valence-electron chi connectivity index (χ3n) is 3.46. The van der Waals surface area contributed by atoms with Crippen LogP contribution in [0, 0.1) is 0 Å². The average Bonchev–Trinajstić information content (AvgIpc) is 2.85. The van der Waals surface area contributed by atoms with E-state index in [2.05, 4.69) is 4.98 Å². The van der Waals surface area contributed by atoms with Crippen molar-refractivity contribution in [2.45, 2.75) is 45.1 Å². The fourth-order valence-electron chi connectivity index (χ4n) is 2.36. The summed E-state index contributed by atoms with van der Waals surface area (Å²) >= 11 is 1.25. The van der Waals surface area contributed by atoms with E-state index in [0.717, 1.165) is 31.1 Å². The number of nitrogens with zero attached hydrogens (tertiary/aromatic N) is 2. The SMILES string of the molecule is CC(C)c1nc(N(C)CC2CCCCO2)sc1C(=O)O. The van der Waals surface area contributed by atoms with Crippen LogP contribution in [0.1, 0.15) is 54.4 Å². The van der Waals surface area contributed by atoms with Crippen LogP contribution in [0.2, 0.25) is 0 Å². The van der Waals surface area contributed by atoms with Gasteiger partial charge in [0.25, 0.3) is 0 Å². The van der Waals surface area contributed by atoms with Gasteiger partial charge in [-0.3, -0.25) is 0 Å². The molecule has 0 radical (unpaired) electrons. The van der Waals surface area contributed by atoms with Crippen LogP contribution in [-0.2, 0) is 4.74 Å². The second-order valence-corrected chi connectivity index (χ2v) is 6.52. The molecule has 20 heavy (non-hydrogen) atoms.